The van der Waals surface area contributed by atoms with Crippen molar-refractivity contribution in [1.82, 2.24) is 4.98 Å². The van der Waals surface area contributed by atoms with Crippen molar-refractivity contribution in [3.63, 3.8) is 0 Å². The van der Waals surface area contributed by atoms with Crippen LogP contribution in [-0.2, 0) is 4.79 Å². The van der Waals surface area contributed by atoms with Gasteiger partial charge in [-0.3, -0.25) is 15.1 Å². The fourth-order valence-electron chi connectivity index (χ4n) is 1.43. The molecule has 1 aromatic heterocycles. The highest BCUT2D eigenvalue weighted by Gasteiger charge is 2.24. The molecule has 0 aliphatic rings. The van der Waals surface area contributed by atoms with Gasteiger partial charge in [0.1, 0.15) is 6.29 Å². The maximum atomic E-state index is 10.7. The first-order valence-corrected chi connectivity index (χ1v) is 4.62. The van der Waals surface area contributed by atoms with E-state index >= 15 is 0 Å². The Hall–Kier alpha value is -1.78. The molecule has 0 fully saturated rings. The van der Waals surface area contributed by atoms with Crippen molar-refractivity contribution in [2.45, 2.75) is 12.8 Å². The predicted octanol–water partition coefficient (Wildman–Crippen LogP) is 1.28. The van der Waals surface area contributed by atoms with Crippen molar-refractivity contribution >= 4 is 6.29 Å². The zero-order chi connectivity index (χ0) is 11.3. The van der Waals surface area contributed by atoms with Gasteiger partial charge in [0.05, 0.1) is 5.92 Å². The van der Waals surface area contributed by atoms with Gasteiger partial charge in [0.25, 0.3) is 0 Å². The lowest BCUT2D eigenvalue weighted by atomic mass is 9.89. The number of nitrogens with zero attached hydrogens (tertiary/aromatic N) is 2. The molecule has 1 heterocycles. The number of hydrogen-bond donors (Lipinski definition) is 0. The molecular formula is C10H12N2O3. The van der Waals surface area contributed by atoms with Gasteiger partial charge in [0.15, 0.2) is 0 Å². The number of pyridine rings is 1. The van der Waals surface area contributed by atoms with E-state index in [2.05, 4.69) is 4.98 Å². The second-order valence-electron chi connectivity index (χ2n) is 3.40. The van der Waals surface area contributed by atoms with Crippen LogP contribution in [0.4, 0.5) is 0 Å². The highest BCUT2D eigenvalue weighted by Crippen LogP contribution is 2.22. The minimum absolute atomic E-state index is 0.244. The first-order chi connectivity index (χ1) is 7.15. The van der Waals surface area contributed by atoms with Gasteiger partial charge in [0, 0.05) is 23.2 Å². The van der Waals surface area contributed by atoms with Crippen LogP contribution >= 0.6 is 0 Å². The van der Waals surface area contributed by atoms with Crippen molar-refractivity contribution in [1.29, 1.82) is 0 Å². The van der Waals surface area contributed by atoms with Crippen molar-refractivity contribution in [2.24, 2.45) is 5.92 Å². The molecule has 2 atom stereocenters. The molecule has 1 aromatic rings. The van der Waals surface area contributed by atoms with E-state index < -0.39 is 10.8 Å². The number of carbonyl (C=O) groups excluding carboxylic acids is 1. The Kier molecular flexibility index (Phi) is 3.91. The molecule has 0 aromatic carbocycles. The highest BCUT2D eigenvalue weighted by molar-refractivity contribution is 5.55. The third-order valence-electron chi connectivity index (χ3n) is 2.31. The fraction of sp³-hybridized carbons (Fsp3) is 0.400. The number of nitro groups is 1. The van der Waals surface area contributed by atoms with Gasteiger partial charge in [0.2, 0.25) is 6.54 Å². The molecular weight excluding hydrogens is 196 g/mol. The SMILES string of the molecule is C[C@@H](C=O)[C@H](C[N+](=O)[O-])c1cccnc1. The van der Waals surface area contributed by atoms with Crippen LogP contribution in [0.2, 0.25) is 0 Å². The van der Waals surface area contributed by atoms with Crippen LogP contribution in [0.1, 0.15) is 18.4 Å². The first-order valence-electron chi connectivity index (χ1n) is 4.62. The zero-order valence-corrected chi connectivity index (χ0v) is 8.37. The molecule has 1 rings (SSSR count). The van der Waals surface area contributed by atoms with Crippen LogP contribution in [0.15, 0.2) is 24.5 Å². The predicted molar refractivity (Wildman–Crippen MR) is 54.1 cm³/mol. The van der Waals surface area contributed by atoms with Crippen LogP contribution < -0.4 is 0 Å². The minimum atomic E-state index is -0.405. The summed E-state index contributed by atoms with van der Waals surface area (Å²) in [5.41, 5.74) is 0.730. The third kappa shape index (κ3) is 3.12. The Balaban J connectivity index is 2.90. The number of aldehydes is 1. The second-order valence-corrected chi connectivity index (χ2v) is 3.40. The molecule has 0 radical (unpaired) electrons. The monoisotopic (exact) mass is 208 g/mol. The normalized spacial score (nSPS) is 14.2. The molecule has 0 N–H and O–H groups in total. The van der Waals surface area contributed by atoms with Gasteiger partial charge in [-0.1, -0.05) is 13.0 Å². The largest absolute Gasteiger partial charge is 0.303 e. The third-order valence-corrected chi connectivity index (χ3v) is 2.31. The van der Waals surface area contributed by atoms with Crippen LogP contribution in [0.5, 0.6) is 0 Å². The van der Waals surface area contributed by atoms with E-state index in [1.54, 1.807) is 31.5 Å². The van der Waals surface area contributed by atoms with E-state index in [9.17, 15) is 14.9 Å². The topological polar surface area (TPSA) is 73.1 Å². The van der Waals surface area contributed by atoms with Gasteiger partial charge in [-0.2, -0.15) is 0 Å². The molecule has 0 saturated heterocycles. The lowest BCUT2D eigenvalue weighted by Crippen LogP contribution is -2.20. The molecule has 0 spiro atoms. The van der Waals surface area contributed by atoms with Crippen LogP contribution in [0.3, 0.4) is 0 Å². The van der Waals surface area contributed by atoms with E-state index in [1.807, 2.05) is 0 Å². The van der Waals surface area contributed by atoms with Gasteiger partial charge >= 0.3 is 0 Å². The number of rotatable bonds is 5. The number of aromatic nitrogens is 1. The molecule has 15 heavy (non-hydrogen) atoms. The van der Waals surface area contributed by atoms with Crippen molar-refractivity contribution < 1.29 is 9.72 Å². The summed E-state index contributed by atoms with van der Waals surface area (Å²) in [6.45, 7) is 1.43. The molecule has 80 valence electrons. The summed E-state index contributed by atoms with van der Waals surface area (Å²) in [6.07, 6.45) is 3.90. The van der Waals surface area contributed by atoms with Crippen LogP contribution in [0.25, 0.3) is 0 Å². The van der Waals surface area contributed by atoms with Gasteiger partial charge in [-0.05, 0) is 11.6 Å². The average Bonchev–Trinajstić information content (AvgIpc) is 2.26. The molecule has 0 bridgehead atoms. The summed E-state index contributed by atoms with van der Waals surface area (Å²) in [6, 6.07) is 3.46. The smallest absolute Gasteiger partial charge is 0.211 e. The quantitative estimate of drug-likeness (QED) is 0.415. The fourth-order valence-corrected chi connectivity index (χ4v) is 1.43. The molecule has 5 heteroatoms. The van der Waals surface area contributed by atoms with E-state index in [-0.39, 0.29) is 12.5 Å². The summed E-state index contributed by atoms with van der Waals surface area (Å²) < 4.78 is 0. The molecule has 0 saturated carbocycles. The van der Waals surface area contributed by atoms with Crippen molar-refractivity contribution in [3.8, 4) is 0 Å². The summed E-state index contributed by atoms with van der Waals surface area (Å²) in [5, 5.41) is 10.5. The van der Waals surface area contributed by atoms with E-state index in [0.29, 0.717) is 0 Å². The first kappa shape index (κ1) is 11.3. The molecule has 5 nitrogen and oxygen atoms in total. The second kappa shape index (κ2) is 5.19. The van der Waals surface area contributed by atoms with E-state index in [0.717, 1.165) is 11.8 Å². The molecule has 0 amide bonds. The lowest BCUT2D eigenvalue weighted by Gasteiger charge is -2.15. The Morgan fingerprint density at radius 1 is 1.67 bits per heavy atom. The Bertz CT molecular complexity index is 340. The van der Waals surface area contributed by atoms with Crippen LogP contribution in [0, 0.1) is 16.0 Å². The maximum absolute atomic E-state index is 10.7. The minimum Gasteiger partial charge on any atom is -0.303 e. The standard InChI is InChI=1S/C10H12N2O3/c1-8(7-13)10(6-12(14)15)9-3-2-4-11-5-9/h2-5,7-8,10H,6H2,1H3/t8-,10-/m0/s1. The molecule has 0 aliphatic carbocycles. The van der Waals surface area contributed by atoms with Gasteiger partial charge in [-0.15, -0.1) is 0 Å². The van der Waals surface area contributed by atoms with E-state index in [4.69, 9.17) is 0 Å². The highest BCUT2D eigenvalue weighted by atomic mass is 16.6. The average molecular weight is 208 g/mol. The number of carbonyl (C=O) groups is 1. The Morgan fingerprint density at radius 2 is 2.40 bits per heavy atom. The Labute approximate surface area is 87.3 Å². The van der Waals surface area contributed by atoms with Crippen molar-refractivity contribution in [2.75, 3.05) is 6.54 Å². The summed E-state index contributed by atoms with van der Waals surface area (Å²) in [7, 11) is 0. The Morgan fingerprint density at radius 3 is 2.87 bits per heavy atom. The summed E-state index contributed by atoms with van der Waals surface area (Å²) in [5.74, 6) is -0.772. The van der Waals surface area contributed by atoms with Crippen LogP contribution in [-0.4, -0.2) is 22.7 Å². The molecule has 0 aliphatic heterocycles. The van der Waals surface area contributed by atoms with Crippen molar-refractivity contribution in [3.05, 3.63) is 40.2 Å². The number of hydrogen-bond acceptors (Lipinski definition) is 4. The zero-order valence-electron chi connectivity index (χ0n) is 8.37. The lowest BCUT2D eigenvalue weighted by molar-refractivity contribution is -0.484. The van der Waals surface area contributed by atoms with Gasteiger partial charge in [-0.25, -0.2) is 0 Å². The van der Waals surface area contributed by atoms with Gasteiger partial charge < -0.3 is 4.79 Å². The molecule has 0 unspecified atom stereocenters. The maximum Gasteiger partial charge on any atom is 0.211 e. The van der Waals surface area contributed by atoms with E-state index in [1.165, 1.54) is 0 Å². The summed E-state index contributed by atoms with van der Waals surface area (Å²) in [4.78, 5) is 24.6. The summed E-state index contributed by atoms with van der Waals surface area (Å²) >= 11 is 0.